The van der Waals surface area contributed by atoms with Gasteiger partial charge in [-0.2, -0.15) is 5.10 Å². The van der Waals surface area contributed by atoms with Crippen LogP contribution in [0.25, 0.3) is 0 Å². The van der Waals surface area contributed by atoms with Crippen LogP contribution in [-0.4, -0.2) is 59.7 Å². The molecule has 1 aromatic heterocycles. The second kappa shape index (κ2) is 9.05. The van der Waals surface area contributed by atoms with Crippen LogP contribution in [0.5, 0.6) is 0 Å². The van der Waals surface area contributed by atoms with Crippen molar-refractivity contribution in [2.75, 3.05) is 39.0 Å². The topological polar surface area (TPSA) is 54.7 Å². The van der Waals surface area contributed by atoms with Gasteiger partial charge in [-0.05, 0) is 12.1 Å². The second-order valence-corrected chi connectivity index (χ2v) is 7.14. The monoisotopic (exact) mass is 377 g/mol. The molecule has 6 nitrogen and oxygen atoms in total. The number of aliphatic imine (C=N–C) groups is 1. The number of morpholine rings is 1. The first-order chi connectivity index (χ1) is 12.7. The Morgan fingerprint density at radius 3 is 3.04 bits per heavy atom. The van der Waals surface area contributed by atoms with E-state index in [2.05, 4.69) is 20.3 Å². The number of hydrogen-bond acceptors (Lipinski definition) is 4. The first-order valence-corrected chi connectivity index (χ1v) is 9.59. The lowest BCUT2D eigenvalue weighted by Crippen LogP contribution is -2.48. The van der Waals surface area contributed by atoms with Crippen LogP contribution in [-0.2, 0) is 11.8 Å². The average Bonchev–Trinajstić information content (AvgIpc) is 3.10. The lowest BCUT2D eigenvalue weighted by molar-refractivity contribution is -0.00798. The van der Waals surface area contributed by atoms with E-state index in [-0.39, 0.29) is 11.9 Å². The lowest BCUT2D eigenvalue weighted by Gasteiger charge is -2.34. The van der Waals surface area contributed by atoms with Crippen molar-refractivity contribution >= 4 is 17.7 Å². The molecule has 1 aromatic carbocycles. The van der Waals surface area contributed by atoms with Gasteiger partial charge in [0, 0.05) is 49.6 Å². The number of ether oxygens (including phenoxy) is 1. The van der Waals surface area contributed by atoms with Gasteiger partial charge in [0.05, 0.1) is 19.3 Å². The van der Waals surface area contributed by atoms with Crippen LogP contribution >= 0.6 is 11.8 Å². The highest BCUT2D eigenvalue weighted by molar-refractivity contribution is 7.99. The number of aryl methyl sites for hydroxylation is 1. The first kappa shape index (κ1) is 18.7. The van der Waals surface area contributed by atoms with Gasteiger partial charge in [0.2, 0.25) is 0 Å². The van der Waals surface area contributed by atoms with E-state index >= 15 is 0 Å². The maximum Gasteiger partial charge on any atom is 0.193 e. The van der Waals surface area contributed by atoms with Gasteiger partial charge < -0.3 is 15.0 Å². The van der Waals surface area contributed by atoms with Crippen molar-refractivity contribution in [3.05, 3.63) is 48.0 Å². The van der Waals surface area contributed by atoms with Crippen LogP contribution in [0.4, 0.5) is 4.39 Å². The first-order valence-electron chi connectivity index (χ1n) is 8.60. The summed E-state index contributed by atoms with van der Waals surface area (Å²) in [5, 5.41) is 7.58. The Morgan fingerprint density at radius 2 is 2.31 bits per heavy atom. The van der Waals surface area contributed by atoms with Gasteiger partial charge in [-0.25, -0.2) is 4.39 Å². The van der Waals surface area contributed by atoms with E-state index in [9.17, 15) is 4.39 Å². The van der Waals surface area contributed by atoms with E-state index in [4.69, 9.17) is 4.74 Å². The normalized spacial score (nSPS) is 18.2. The summed E-state index contributed by atoms with van der Waals surface area (Å²) >= 11 is 1.50. The van der Waals surface area contributed by atoms with Crippen molar-refractivity contribution in [2.24, 2.45) is 12.0 Å². The van der Waals surface area contributed by atoms with Crippen LogP contribution in [0.2, 0.25) is 0 Å². The molecular formula is C18H24FN5OS. The quantitative estimate of drug-likeness (QED) is 0.375. The smallest absolute Gasteiger partial charge is 0.193 e. The molecule has 1 N–H and O–H groups in total. The molecule has 1 saturated heterocycles. The minimum Gasteiger partial charge on any atom is -0.370 e. The molecule has 0 aliphatic carbocycles. The number of rotatable bonds is 5. The third kappa shape index (κ3) is 4.76. The number of hydrogen-bond donors (Lipinski definition) is 1. The SMILES string of the molecule is CN=C(NCCSc1ccccc1F)N1CCOC(c2cnn(C)c2)C1. The number of guanidine groups is 1. The second-order valence-electron chi connectivity index (χ2n) is 6.01. The summed E-state index contributed by atoms with van der Waals surface area (Å²) in [6, 6.07) is 6.84. The summed E-state index contributed by atoms with van der Waals surface area (Å²) in [5.41, 5.74) is 1.07. The molecule has 2 aromatic rings. The van der Waals surface area contributed by atoms with Crippen molar-refractivity contribution < 1.29 is 9.13 Å². The van der Waals surface area contributed by atoms with Gasteiger partial charge in [-0.3, -0.25) is 9.67 Å². The summed E-state index contributed by atoms with van der Waals surface area (Å²) in [5.74, 6) is 1.43. The lowest BCUT2D eigenvalue weighted by atomic mass is 10.1. The Labute approximate surface area is 157 Å². The van der Waals surface area contributed by atoms with E-state index < -0.39 is 0 Å². The predicted molar refractivity (Wildman–Crippen MR) is 102 cm³/mol. The Bertz CT molecular complexity index is 751. The number of halogens is 1. The number of nitrogens with one attached hydrogen (secondary N) is 1. The van der Waals surface area contributed by atoms with Crippen molar-refractivity contribution in [1.82, 2.24) is 20.0 Å². The molecule has 1 unspecified atom stereocenters. The number of nitrogens with zero attached hydrogens (tertiary/aromatic N) is 4. The zero-order chi connectivity index (χ0) is 18.4. The summed E-state index contributed by atoms with van der Waals surface area (Å²) < 4.78 is 21.3. The van der Waals surface area contributed by atoms with Gasteiger partial charge in [-0.15, -0.1) is 11.8 Å². The van der Waals surface area contributed by atoms with Gasteiger partial charge in [-0.1, -0.05) is 12.1 Å². The summed E-state index contributed by atoms with van der Waals surface area (Å²) in [4.78, 5) is 7.24. The average molecular weight is 377 g/mol. The van der Waals surface area contributed by atoms with E-state index in [1.54, 1.807) is 23.9 Å². The molecule has 0 radical (unpaired) electrons. The fourth-order valence-electron chi connectivity index (χ4n) is 2.87. The zero-order valence-corrected chi connectivity index (χ0v) is 15.9. The van der Waals surface area contributed by atoms with Crippen molar-refractivity contribution in [3.8, 4) is 0 Å². The van der Waals surface area contributed by atoms with Crippen molar-refractivity contribution in [2.45, 2.75) is 11.0 Å². The number of benzene rings is 1. The molecule has 1 aliphatic heterocycles. The Morgan fingerprint density at radius 1 is 1.46 bits per heavy atom. The maximum atomic E-state index is 13.6. The minimum absolute atomic E-state index is 0.0104. The van der Waals surface area contributed by atoms with E-state index in [1.807, 2.05) is 25.5 Å². The molecule has 0 bridgehead atoms. The highest BCUT2D eigenvalue weighted by Gasteiger charge is 2.25. The van der Waals surface area contributed by atoms with Crippen molar-refractivity contribution in [3.63, 3.8) is 0 Å². The van der Waals surface area contributed by atoms with Gasteiger partial charge in [0.15, 0.2) is 5.96 Å². The highest BCUT2D eigenvalue weighted by Crippen LogP contribution is 2.22. The van der Waals surface area contributed by atoms with Crippen LogP contribution in [0, 0.1) is 5.82 Å². The molecule has 0 amide bonds. The van der Waals surface area contributed by atoms with E-state index in [0.29, 0.717) is 18.0 Å². The Hall–Kier alpha value is -2.06. The Balaban J connectivity index is 1.49. The van der Waals surface area contributed by atoms with Crippen LogP contribution in [0.3, 0.4) is 0 Å². The van der Waals surface area contributed by atoms with Gasteiger partial charge >= 0.3 is 0 Å². The number of aromatic nitrogens is 2. The third-order valence-corrected chi connectivity index (χ3v) is 5.20. The summed E-state index contributed by atoms with van der Waals surface area (Å²) in [6.07, 6.45) is 3.81. The number of thioether (sulfide) groups is 1. The maximum absolute atomic E-state index is 13.6. The molecule has 140 valence electrons. The molecule has 0 saturated carbocycles. The molecule has 26 heavy (non-hydrogen) atoms. The van der Waals surface area contributed by atoms with Crippen molar-refractivity contribution in [1.29, 1.82) is 0 Å². The van der Waals surface area contributed by atoms with Gasteiger partial charge in [0.1, 0.15) is 11.9 Å². The van der Waals surface area contributed by atoms with E-state index in [1.165, 1.54) is 17.8 Å². The molecular weight excluding hydrogens is 353 g/mol. The zero-order valence-electron chi connectivity index (χ0n) is 15.1. The highest BCUT2D eigenvalue weighted by atomic mass is 32.2. The molecule has 1 fully saturated rings. The van der Waals surface area contributed by atoms with Crippen LogP contribution in [0.1, 0.15) is 11.7 Å². The molecule has 8 heteroatoms. The molecule has 0 spiro atoms. The van der Waals surface area contributed by atoms with Crippen LogP contribution < -0.4 is 5.32 Å². The minimum atomic E-state index is -0.172. The molecule has 1 atom stereocenters. The fourth-order valence-corrected chi connectivity index (χ4v) is 3.67. The molecule has 1 aliphatic rings. The van der Waals surface area contributed by atoms with E-state index in [0.717, 1.165) is 30.4 Å². The van der Waals surface area contributed by atoms with Gasteiger partial charge in [0.25, 0.3) is 0 Å². The van der Waals surface area contributed by atoms with Crippen LogP contribution in [0.15, 0.2) is 46.5 Å². The summed E-state index contributed by atoms with van der Waals surface area (Å²) in [7, 11) is 3.68. The standard InChI is InChI=1S/C18H24FN5OS/c1-20-18(21-7-10-26-17-6-4-3-5-15(17)19)24-8-9-25-16(13-24)14-11-22-23(2)12-14/h3-6,11-12,16H,7-10,13H2,1-2H3,(H,20,21). The third-order valence-electron chi connectivity index (χ3n) is 4.15. The Kier molecular flexibility index (Phi) is 6.51. The predicted octanol–water partition coefficient (Wildman–Crippen LogP) is 2.30. The molecule has 2 heterocycles. The summed E-state index contributed by atoms with van der Waals surface area (Å²) in [6.45, 7) is 2.87. The fraction of sp³-hybridized carbons (Fsp3) is 0.444. The largest absolute Gasteiger partial charge is 0.370 e. The molecule has 3 rings (SSSR count).